The first kappa shape index (κ1) is 14.9. The number of carbonyl (C=O) groups is 2. The van der Waals surface area contributed by atoms with Gasteiger partial charge in [0, 0.05) is 32.1 Å². The minimum Gasteiger partial charge on any atom is -0.480 e. The number of carbonyl (C=O) groups excluding carboxylic acids is 1. The van der Waals surface area contributed by atoms with Crippen LogP contribution in [0.2, 0.25) is 0 Å². The van der Waals surface area contributed by atoms with E-state index in [1.54, 1.807) is 0 Å². The lowest BCUT2D eigenvalue weighted by Gasteiger charge is -2.26. The molecule has 0 aliphatic heterocycles. The molecule has 0 spiro atoms. The molecular formula is C12H22N2O4. The summed E-state index contributed by atoms with van der Waals surface area (Å²) in [7, 11) is 1.50. The molecular weight excluding hydrogens is 236 g/mol. The molecule has 6 heteroatoms. The van der Waals surface area contributed by atoms with Crippen LogP contribution in [0.5, 0.6) is 0 Å². The Hall–Kier alpha value is -1.14. The first-order valence-electron chi connectivity index (χ1n) is 6.32. The van der Waals surface area contributed by atoms with Gasteiger partial charge in [-0.15, -0.1) is 0 Å². The van der Waals surface area contributed by atoms with Gasteiger partial charge in [-0.1, -0.05) is 6.42 Å². The highest BCUT2D eigenvalue weighted by atomic mass is 16.5. The van der Waals surface area contributed by atoms with Crippen LogP contribution in [0.3, 0.4) is 0 Å². The molecule has 6 nitrogen and oxygen atoms in total. The third kappa shape index (κ3) is 4.62. The largest absolute Gasteiger partial charge is 0.480 e. The molecule has 0 saturated heterocycles. The maximum atomic E-state index is 12.0. The SMILES string of the molecule is COCCC(NC(=O)C1CCCC(N)C1)C(=O)O. The van der Waals surface area contributed by atoms with Gasteiger partial charge < -0.3 is 20.9 Å². The van der Waals surface area contributed by atoms with Gasteiger partial charge >= 0.3 is 5.97 Å². The Labute approximate surface area is 107 Å². The summed E-state index contributed by atoms with van der Waals surface area (Å²) >= 11 is 0. The van der Waals surface area contributed by atoms with Crippen molar-refractivity contribution < 1.29 is 19.4 Å². The Kier molecular flexibility index (Phi) is 6.07. The third-order valence-electron chi connectivity index (χ3n) is 3.31. The summed E-state index contributed by atoms with van der Waals surface area (Å²) in [5.74, 6) is -1.38. The second kappa shape index (κ2) is 7.33. The van der Waals surface area contributed by atoms with Crippen molar-refractivity contribution in [1.29, 1.82) is 0 Å². The number of hydrogen-bond acceptors (Lipinski definition) is 4. The monoisotopic (exact) mass is 258 g/mol. The Morgan fingerprint density at radius 1 is 1.50 bits per heavy atom. The van der Waals surface area contributed by atoms with Crippen molar-refractivity contribution in [1.82, 2.24) is 5.32 Å². The van der Waals surface area contributed by atoms with Gasteiger partial charge in [-0.3, -0.25) is 4.79 Å². The van der Waals surface area contributed by atoms with Gasteiger partial charge in [0.25, 0.3) is 0 Å². The number of hydrogen-bond donors (Lipinski definition) is 3. The summed E-state index contributed by atoms with van der Waals surface area (Å²) in [4.78, 5) is 22.9. The molecule has 1 fully saturated rings. The molecule has 3 unspecified atom stereocenters. The van der Waals surface area contributed by atoms with Gasteiger partial charge in [-0.2, -0.15) is 0 Å². The number of carboxylic acids is 1. The molecule has 0 bridgehead atoms. The van der Waals surface area contributed by atoms with Crippen molar-refractivity contribution >= 4 is 11.9 Å². The van der Waals surface area contributed by atoms with Crippen molar-refractivity contribution in [3.8, 4) is 0 Å². The van der Waals surface area contributed by atoms with E-state index >= 15 is 0 Å². The van der Waals surface area contributed by atoms with Crippen LogP contribution in [-0.2, 0) is 14.3 Å². The molecule has 1 aliphatic rings. The fraction of sp³-hybridized carbons (Fsp3) is 0.833. The standard InChI is InChI=1S/C12H22N2O4/c1-18-6-5-10(12(16)17)14-11(15)8-3-2-4-9(13)7-8/h8-10H,2-7,13H2,1H3,(H,14,15)(H,16,17). The zero-order valence-electron chi connectivity index (χ0n) is 10.7. The maximum Gasteiger partial charge on any atom is 0.326 e. The topological polar surface area (TPSA) is 102 Å². The van der Waals surface area contributed by atoms with Gasteiger partial charge in [0.05, 0.1) is 0 Å². The van der Waals surface area contributed by atoms with E-state index in [0.717, 1.165) is 19.3 Å². The van der Waals surface area contributed by atoms with Crippen LogP contribution in [0.1, 0.15) is 32.1 Å². The van der Waals surface area contributed by atoms with Gasteiger partial charge in [0.2, 0.25) is 5.91 Å². The van der Waals surface area contributed by atoms with Crippen LogP contribution in [0.25, 0.3) is 0 Å². The molecule has 1 aliphatic carbocycles. The van der Waals surface area contributed by atoms with Crippen molar-refractivity contribution in [3.05, 3.63) is 0 Å². The third-order valence-corrected chi connectivity index (χ3v) is 3.31. The summed E-state index contributed by atoms with van der Waals surface area (Å²) in [6.07, 6.45) is 3.57. The fourth-order valence-electron chi connectivity index (χ4n) is 2.25. The number of methoxy groups -OCH3 is 1. The smallest absolute Gasteiger partial charge is 0.326 e. The van der Waals surface area contributed by atoms with E-state index in [2.05, 4.69) is 5.32 Å². The van der Waals surface area contributed by atoms with Crippen LogP contribution in [-0.4, -0.2) is 42.8 Å². The zero-order chi connectivity index (χ0) is 13.5. The predicted molar refractivity (Wildman–Crippen MR) is 66.0 cm³/mol. The second-order valence-electron chi connectivity index (χ2n) is 4.80. The molecule has 104 valence electrons. The van der Waals surface area contributed by atoms with Crippen molar-refractivity contribution in [2.45, 2.75) is 44.2 Å². The molecule has 0 heterocycles. The van der Waals surface area contributed by atoms with Crippen molar-refractivity contribution in [3.63, 3.8) is 0 Å². The van der Waals surface area contributed by atoms with E-state index in [4.69, 9.17) is 15.6 Å². The summed E-state index contributed by atoms with van der Waals surface area (Å²) in [6.45, 7) is 0.307. The van der Waals surface area contributed by atoms with Gasteiger partial charge in [-0.05, 0) is 19.3 Å². The number of ether oxygens (including phenoxy) is 1. The van der Waals surface area contributed by atoms with Crippen LogP contribution in [0.4, 0.5) is 0 Å². The number of carboxylic acid groups (broad SMARTS) is 1. The first-order chi connectivity index (χ1) is 8.54. The zero-order valence-corrected chi connectivity index (χ0v) is 10.7. The van der Waals surface area contributed by atoms with Gasteiger partial charge in [0.15, 0.2) is 0 Å². The Morgan fingerprint density at radius 2 is 2.22 bits per heavy atom. The quantitative estimate of drug-likeness (QED) is 0.627. The Balaban J connectivity index is 2.46. The van der Waals surface area contributed by atoms with E-state index in [0.29, 0.717) is 13.0 Å². The highest BCUT2D eigenvalue weighted by Gasteiger charge is 2.28. The maximum absolute atomic E-state index is 12.0. The number of aliphatic carboxylic acids is 1. The highest BCUT2D eigenvalue weighted by Crippen LogP contribution is 2.23. The number of amides is 1. The normalized spacial score (nSPS) is 25.4. The minimum atomic E-state index is -1.03. The van der Waals surface area contributed by atoms with Crippen LogP contribution >= 0.6 is 0 Å². The summed E-state index contributed by atoms with van der Waals surface area (Å²) in [6, 6.07) is -0.827. The molecule has 0 aromatic carbocycles. The summed E-state index contributed by atoms with van der Waals surface area (Å²) < 4.78 is 4.83. The van der Waals surface area contributed by atoms with Crippen LogP contribution < -0.4 is 11.1 Å². The first-order valence-corrected chi connectivity index (χ1v) is 6.32. The molecule has 0 radical (unpaired) electrons. The van der Waals surface area contributed by atoms with Crippen molar-refractivity contribution in [2.75, 3.05) is 13.7 Å². The molecule has 18 heavy (non-hydrogen) atoms. The van der Waals surface area contributed by atoms with E-state index in [-0.39, 0.29) is 24.3 Å². The van der Waals surface area contributed by atoms with Crippen LogP contribution in [0, 0.1) is 5.92 Å². The average molecular weight is 258 g/mol. The molecule has 4 N–H and O–H groups in total. The number of rotatable bonds is 6. The molecule has 1 saturated carbocycles. The van der Waals surface area contributed by atoms with E-state index < -0.39 is 12.0 Å². The van der Waals surface area contributed by atoms with E-state index in [1.807, 2.05) is 0 Å². The lowest BCUT2D eigenvalue weighted by atomic mass is 9.85. The van der Waals surface area contributed by atoms with E-state index in [1.165, 1.54) is 7.11 Å². The van der Waals surface area contributed by atoms with Crippen LogP contribution in [0.15, 0.2) is 0 Å². The minimum absolute atomic E-state index is 0.0525. The average Bonchev–Trinajstić information content (AvgIpc) is 2.33. The van der Waals surface area contributed by atoms with E-state index in [9.17, 15) is 9.59 Å². The van der Waals surface area contributed by atoms with Crippen molar-refractivity contribution in [2.24, 2.45) is 11.7 Å². The molecule has 0 aromatic heterocycles. The molecule has 1 amide bonds. The summed E-state index contributed by atoms with van der Waals surface area (Å²) in [5, 5.41) is 11.6. The Bertz CT molecular complexity index is 296. The molecule has 0 aromatic rings. The summed E-state index contributed by atoms with van der Waals surface area (Å²) in [5.41, 5.74) is 5.82. The fourth-order valence-corrected chi connectivity index (χ4v) is 2.25. The number of nitrogens with two attached hydrogens (primary N) is 1. The molecule has 1 rings (SSSR count). The molecule has 3 atom stereocenters. The lowest BCUT2D eigenvalue weighted by molar-refractivity contribution is -0.143. The van der Waals surface area contributed by atoms with Gasteiger partial charge in [0.1, 0.15) is 6.04 Å². The number of nitrogens with one attached hydrogen (secondary N) is 1. The highest BCUT2D eigenvalue weighted by molar-refractivity contribution is 5.85. The second-order valence-corrected chi connectivity index (χ2v) is 4.80. The van der Waals surface area contributed by atoms with Gasteiger partial charge in [-0.25, -0.2) is 4.79 Å². The Morgan fingerprint density at radius 3 is 2.78 bits per heavy atom. The predicted octanol–water partition coefficient (Wildman–Crippen LogP) is 0.110. The lowest BCUT2D eigenvalue weighted by Crippen LogP contribution is -2.46.